The molecule has 0 saturated carbocycles. The van der Waals surface area contributed by atoms with Crippen LogP contribution in [-0.4, -0.2) is 32.4 Å². The number of nitrogens with one attached hydrogen (secondary N) is 2. The first-order chi connectivity index (χ1) is 12.1. The second kappa shape index (κ2) is 7.37. The van der Waals surface area contributed by atoms with Crippen LogP contribution in [-0.2, 0) is 21.6 Å². The summed E-state index contributed by atoms with van der Waals surface area (Å²) in [5.41, 5.74) is 4.00. The number of aromatic nitrogens is 2. The molecule has 2 aromatic carbocycles. The van der Waals surface area contributed by atoms with Crippen molar-refractivity contribution in [1.29, 1.82) is 0 Å². The van der Waals surface area contributed by atoms with Gasteiger partial charge in [0, 0.05) is 18.2 Å². The molecule has 1 amide bonds. The largest absolute Gasteiger partial charge is 0.772 e. The zero-order valence-corrected chi connectivity index (χ0v) is 14.2. The zero-order chi connectivity index (χ0) is 17.8. The topological polar surface area (TPSA) is 107 Å². The van der Waals surface area contributed by atoms with Gasteiger partial charge in [0.05, 0.1) is 11.2 Å². The van der Waals surface area contributed by atoms with Gasteiger partial charge in [-0.3, -0.25) is 9.00 Å². The molecule has 7 nitrogen and oxygen atoms in total. The van der Waals surface area contributed by atoms with E-state index in [1.54, 1.807) is 19.2 Å². The lowest BCUT2D eigenvalue weighted by atomic mass is 10.0. The maximum Gasteiger partial charge on any atom is 0.212 e. The van der Waals surface area contributed by atoms with E-state index in [-0.39, 0.29) is 5.75 Å². The Morgan fingerprint density at radius 3 is 2.48 bits per heavy atom. The summed E-state index contributed by atoms with van der Waals surface area (Å²) in [6.07, 6.45) is 0.557. The smallest absolute Gasteiger partial charge is 0.212 e. The van der Waals surface area contributed by atoms with E-state index in [1.807, 2.05) is 30.3 Å². The van der Waals surface area contributed by atoms with Gasteiger partial charge >= 0.3 is 0 Å². The van der Waals surface area contributed by atoms with Crippen LogP contribution in [0.1, 0.15) is 5.56 Å². The molecule has 0 aliphatic rings. The summed E-state index contributed by atoms with van der Waals surface area (Å²) in [5, 5.41) is 14.6. The van der Waals surface area contributed by atoms with Crippen LogP contribution in [0, 0.1) is 0 Å². The molecule has 0 saturated heterocycles. The van der Waals surface area contributed by atoms with Crippen molar-refractivity contribution < 1.29 is 13.6 Å². The summed E-state index contributed by atoms with van der Waals surface area (Å²) in [7, 11) is 1.75. The van der Waals surface area contributed by atoms with Gasteiger partial charge in [-0.1, -0.05) is 41.4 Å². The molecule has 1 unspecified atom stereocenters. The van der Waals surface area contributed by atoms with Gasteiger partial charge in [-0.25, -0.2) is 0 Å². The van der Waals surface area contributed by atoms with Crippen LogP contribution < -0.4 is 10.6 Å². The highest BCUT2D eigenvalue weighted by Gasteiger charge is 2.10. The van der Waals surface area contributed by atoms with Crippen molar-refractivity contribution in [3.8, 4) is 11.1 Å². The number of fused-ring (bicyclic) bond motifs is 1. The molecular formula is C17H15N4O3S-. The summed E-state index contributed by atoms with van der Waals surface area (Å²) in [4.78, 5) is 10.7. The number of benzene rings is 2. The Kier molecular flexibility index (Phi) is 5.01. The number of rotatable bonds is 6. The Morgan fingerprint density at radius 1 is 1.12 bits per heavy atom. The molecule has 0 fully saturated rings. The highest BCUT2D eigenvalue weighted by atomic mass is 32.2. The fraction of sp³-hybridized carbons (Fsp3) is 0.118. The lowest BCUT2D eigenvalue weighted by molar-refractivity contribution is -0.105. The summed E-state index contributed by atoms with van der Waals surface area (Å²) in [6, 6.07) is 13.1. The van der Waals surface area contributed by atoms with Crippen molar-refractivity contribution in [1.82, 2.24) is 10.2 Å². The predicted molar refractivity (Wildman–Crippen MR) is 96.8 cm³/mol. The molecule has 0 aliphatic carbocycles. The Labute approximate surface area is 146 Å². The molecule has 1 atom stereocenters. The van der Waals surface area contributed by atoms with Crippen molar-refractivity contribution >= 4 is 39.9 Å². The van der Waals surface area contributed by atoms with Crippen molar-refractivity contribution in [2.75, 3.05) is 17.7 Å². The van der Waals surface area contributed by atoms with Crippen LogP contribution in [0.4, 0.5) is 11.5 Å². The van der Waals surface area contributed by atoms with E-state index in [0.29, 0.717) is 23.4 Å². The molecule has 3 aromatic rings. The first-order valence-corrected chi connectivity index (χ1v) is 8.70. The average molecular weight is 355 g/mol. The number of anilines is 2. The SMILES string of the molecule is CNc1c(NC=O)nnc2cc(-c3ccc(CS(=O)[O-])cc3)ccc12. The molecule has 0 radical (unpaired) electrons. The fourth-order valence-electron chi connectivity index (χ4n) is 2.63. The standard InChI is InChI=1S/C17H16N4O3S/c1-18-16-14-7-6-13(8-15(14)20-21-17(16)19-10-22)12-4-2-11(3-5-12)9-25(23)24/h2-8,10H,9H2,1H3,(H,18,20)(H,23,24)(H,19,21,22)/p-1. The van der Waals surface area contributed by atoms with E-state index in [9.17, 15) is 13.6 Å². The molecule has 0 aliphatic heterocycles. The molecule has 3 rings (SSSR count). The highest BCUT2D eigenvalue weighted by molar-refractivity contribution is 7.78. The van der Waals surface area contributed by atoms with Gasteiger partial charge in [-0.05, 0) is 28.8 Å². The third kappa shape index (κ3) is 3.65. The monoisotopic (exact) mass is 355 g/mol. The van der Waals surface area contributed by atoms with Crippen LogP contribution in [0.3, 0.4) is 0 Å². The first-order valence-electron chi connectivity index (χ1n) is 7.46. The van der Waals surface area contributed by atoms with Crippen LogP contribution in [0.2, 0.25) is 0 Å². The number of nitrogens with zero attached hydrogens (tertiary/aromatic N) is 2. The van der Waals surface area contributed by atoms with Gasteiger partial charge in [0.2, 0.25) is 6.41 Å². The van der Waals surface area contributed by atoms with Gasteiger partial charge in [0.15, 0.2) is 5.82 Å². The number of carbonyl (C=O) groups excluding carboxylic acids is 1. The molecule has 0 bridgehead atoms. The molecule has 1 heterocycles. The minimum Gasteiger partial charge on any atom is -0.772 e. The molecule has 2 N–H and O–H groups in total. The van der Waals surface area contributed by atoms with Gasteiger partial charge < -0.3 is 15.2 Å². The Bertz CT molecular complexity index is 945. The summed E-state index contributed by atoms with van der Waals surface area (Å²) in [6.45, 7) is 0. The third-order valence-electron chi connectivity index (χ3n) is 3.78. The van der Waals surface area contributed by atoms with E-state index in [1.165, 1.54) is 0 Å². The van der Waals surface area contributed by atoms with E-state index < -0.39 is 11.1 Å². The number of hydrogen-bond acceptors (Lipinski definition) is 6. The maximum atomic E-state index is 10.8. The van der Waals surface area contributed by atoms with Crippen LogP contribution >= 0.6 is 0 Å². The number of carbonyl (C=O) groups is 1. The van der Waals surface area contributed by atoms with Crippen molar-refractivity contribution in [3.63, 3.8) is 0 Å². The summed E-state index contributed by atoms with van der Waals surface area (Å²) < 4.78 is 21.5. The zero-order valence-electron chi connectivity index (χ0n) is 13.4. The second-order valence-corrected chi connectivity index (χ2v) is 6.21. The normalized spacial score (nSPS) is 11.9. The number of amides is 1. The van der Waals surface area contributed by atoms with Crippen LogP contribution in [0.25, 0.3) is 22.0 Å². The lowest BCUT2D eigenvalue weighted by Gasteiger charge is -2.11. The van der Waals surface area contributed by atoms with Crippen molar-refractivity contribution in [2.24, 2.45) is 0 Å². The third-order valence-corrected chi connectivity index (χ3v) is 4.35. The van der Waals surface area contributed by atoms with Gasteiger partial charge in [0.1, 0.15) is 0 Å². The van der Waals surface area contributed by atoms with E-state index in [2.05, 4.69) is 20.8 Å². The molecular weight excluding hydrogens is 340 g/mol. The number of hydrogen-bond donors (Lipinski definition) is 2. The van der Waals surface area contributed by atoms with E-state index in [4.69, 9.17) is 0 Å². The molecule has 1 aromatic heterocycles. The fourth-order valence-corrected chi connectivity index (χ4v) is 3.09. The van der Waals surface area contributed by atoms with Crippen molar-refractivity contribution in [3.05, 3.63) is 48.0 Å². The highest BCUT2D eigenvalue weighted by Crippen LogP contribution is 2.30. The molecule has 8 heteroatoms. The molecule has 25 heavy (non-hydrogen) atoms. The quantitative estimate of drug-likeness (QED) is 0.519. The molecule has 0 spiro atoms. The van der Waals surface area contributed by atoms with Crippen molar-refractivity contribution in [2.45, 2.75) is 5.75 Å². The Morgan fingerprint density at radius 2 is 1.84 bits per heavy atom. The predicted octanol–water partition coefficient (Wildman–Crippen LogP) is 2.29. The Hall–Kier alpha value is -2.84. The van der Waals surface area contributed by atoms with E-state index in [0.717, 1.165) is 22.1 Å². The van der Waals surface area contributed by atoms with Gasteiger partial charge in [0.25, 0.3) is 0 Å². The van der Waals surface area contributed by atoms with Crippen LogP contribution in [0.15, 0.2) is 42.5 Å². The first kappa shape index (κ1) is 17.0. The Balaban J connectivity index is 2.00. The van der Waals surface area contributed by atoms with E-state index >= 15 is 0 Å². The molecule has 128 valence electrons. The van der Waals surface area contributed by atoms with Crippen LogP contribution in [0.5, 0.6) is 0 Å². The van der Waals surface area contributed by atoms with Gasteiger partial charge in [-0.15, -0.1) is 10.2 Å². The maximum absolute atomic E-state index is 10.8. The minimum atomic E-state index is -2.10. The lowest BCUT2D eigenvalue weighted by Crippen LogP contribution is -2.04. The van der Waals surface area contributed by atoms with Gasteiger partial charge in [-0.2, -0.15) is 0 Å². The summed E-state index contributed by atoms with van der Waals surface area (Å²) in [5.74, 6) is 0.370. The second-order valence-electron chi connectivity index (χ2n) is 5.31. The average Bonchev–Trinajstić information content (AvgIpc) is 2.61. The summed E-state index contributed by atoms with van der Waals surface area (Å²) >= 11 is -2.10. The minimum absolute atomic E-state index is 0.00150.